The molecule has 164 valence electrons. The lowest BCUT2D eigenvalue weighted by molar-refractivity contribution is -0.144. The molecule has 0 amide bonds. The predicted molar refractivity (Wildman–Crippen MR) is 102 cm³/mol. The number of benzene rings is 1. The Morgan fingerprint density at radius 1 is 1.10 bits per heavy atom. The molecule has 3 rings (SSSR count). The fraction of sp³-hybridized carbons (Fsp3) is 0.350. The molecule has 8 nitrogen and oxygen atoms in total. The molecule has 0 aliphatic carbocycles. The summed E-state index contributed by atoms with van der Waals surface area (Å²) in [5.74, 6) is -2.19. The molecule has 0 atom stereocenters. The van der Waals surface area contributed by atoms with Crippen molar-refractivity contribution in [3.05, 3.63) is 52.6 Å². The Morgan fingerprint density at radius 2 is 1.77 bits per heavy atom. The highest BCUT2D eigenvalue weighted by molar-refractivity contribution is 5.89. The Balaban J connectivity index is 1.69. The van der Waals surface area contributed by atoms with Gasteiger partial charge in [-0.25, -0.2) is 14.3 Å². The van der Waals surface area contributed by atoms with Crippen LogP contribution in [0.1, 0.15) is 46.5 Å². The number of hydrogen-bond acceptors (Lipinski definition) is 7. The second-order valence-electron chi connectivity index (χ2n) is 6.63. The maximum Gasteiger partial charge on any atom is 0.453 e. The van der Waals surface area contributed by atoms with Crippen LogP contribution in [0.2, 0.25) is 0 Å². The SMILES string of the molecule is CCOC(=O)c1ccc(OC(=O)CCc2c(C)nc3nc(C(F)(F)F)nn3c2C)cc1. The van der Waals surface area contributed by atoms with Crippen molar-refractivity contribution in [3.8, 4) is 5.75 Å². The Kier molecular flexibility index (Phi) is 6.23. The number of esters is 2. The van der Waals surface area contributed by atoms with Gasteiger partial charge in [-0.3, -0.25) is 4.79 Å². The second kappa shape index (κ2) is 8.70. The van der Waals surface area contributed by atoms with Crippen molar-refractivity contribution >= 4 is 17.7 Å². The third kappa shape index (κ3) is 4.98. The number of nitrogens with zero attached hydrogens (tertiary/aromatic N) is 4. The first-order valence-corrected chi connectivity index (χ1v) is 9.38. The van der Waals surface area contributed by atoms with Gasteiger partial charge in [0.25, 0.3) is 11.6 Å². The van der Waals surface area contributed by atoms with E-state index in [1.54, 1.807) is 20.8 Å². The molecule has 2 aromatic heterocycles. The van der Waals surface area contributed by atoms with Crippen molar-refractivity contribution in [3.63, 3.8) is 0 Å². The van der Waals surface area contributed by atoms with Gasteiger partial charge in [0.15, 0.2) is 0 Å². The first-order valence-electron chi connectivity index (χ1n) is 9.38. The number of fused-ring (bicyclic) bond motifs is 1. The Morgan fingerprint density at radius 3 is 2.39 bits per heavy atom. The molecule has 0 saturated heterocycles. The summed E-state index contributed by atoms with van der Waals surface area (Å²) in [5, 5.41) is 3.48. The molecule has 0 fully saturated rings. The molecule has 0 aliphatic rings. The summed E-state index contributed by atoms with van der Waals surface area (Å²) in [6.45, 7) is 5.17. The lowest BCUT2D eigenvalue weighted by atomic mass is 10.1. The van der Waals surface area contributed by atoms with Gasteiger partial charge in [-0.05, 0) is 57.0 Å². The van der Waals surface area contributed by atoms with Gasteiger partial charge in [0.2, 0.25) is 0 Å². The highest BCUT2D eigenvalue weighted by Gasteiger charge is 2.37. The molecule has 0 N–H and O–H groups in total. The Bertz CT molecular complexity index is 1120. The molecule has 1 aromatic carbocycles. The summed E-state index contributed by atoms with van der Waals surface area (Å²) in [6.07, 6.45) is -4.52. The van der Waals surface area contributed by atoms with Crippen molar-refractivity contribution in [2.45, 2.75) is 39.8 Å². The minimum Gasteiger partial charge on any atom is -0.462 e. The van der Waals surface area contributed by atoms with Gasteiger partial charge in [-0.1, -0.05) is 0 Å². The van der Waals surface area contributed by atoms with Crippen LogP contribution < -0.4 is 4.74 Å². The highest BCUT2D eigenvalue weighted by atomic mass is 19.4. The molecule has 0 bridgehead atoms. The van der Waals surface area contributed by atoms with Crippen molar-refractivity contribution in [1.82, 2.24) is 19.6 Å². The van der Waals surface area contributed by atoms with Crippen molar-refractivity contribution in [2.24, 2.45) is 0 Å². The fourth-order valence-electron chi connectivity index (χ4n) is 2.97. The van der Waals surface area contributed by atoms with E-state index in [1.807, 2.05) is 0 Å². The van der Waals surface area contributed by atoms with E-state index in [-0.39, 0.29) is 31.0 Å². The lowest BCUT2D eigenvalue weighted by Gasteiger charge is -2.10. The molecule has 11 heteroatoms. The van der Waals surface area contributed by atoms with Crippen LogP contribution in [-0.2, 0) is 22.1 Å². The number of alkyl halides is 3. The quantitative estimate of drug-likeness (QED) is 0.431. The average Bonchev–Trinajstić information content (AvgIpc) is 3.13. The minimum atomic E-state index is -4.68. The maximum atomic E-state index is 12.9. The third-order valence-corrected chi connectivity index (χ3v) is 4.48. The number of aryl methyl sites for hydroxylation is 2. The van der Waals surface area contributed by atoms with Gasteiger partial charge < -0.3 is 9.47 Å². The number of carbonyl (C=O) groups excluding carboxylic acids is 2. The number of hydrogen-bond donors (Lipinski definition) is 0. The smallest absolute Gasteiger partial charge is 0.453 e. The fourth-order valence-corrected chi connectivity index (χ4v) is 2.97. The standard InChI is InChI=1S/C20H19F3N4O4/c1-4-30-17(29)13-5-7-14(8-6-13)31-16(28)10-9-15-11(2)24-19-25-18(20(21,22)23)26-27(19)12(15)3/h5-8H,4,9-10H2,1-3H3. The van der Waals surface area contributed by atoms with Crippen LogP contribution >= 0.6 is 0 Å². The number of rotatable bonds is 6. The van der Waals surface area contributed by atoms with Crippen LogP contribution in [0.3, 0.4) is 0 Å². The van der Waals surface area contributed by atoms with Gasteiger partial charge in [-0.15, -0.1) is 5.10 Å². The van der Waals surface area contributed by atoms with Crippen LogP contribution in [-0.4, -0.2) is 38.1 Å². The van der Waals surface area contributed by atoms with Crippen molar-refractivity contribution in [2.75, 3.05) is 6.61 Å². The highest BCUT2D eigenvalue weighted by Crippen LogP contribution is 2.27. The molecule has 2 heterocycles. The Hall–Kier alpha value is -3.50. The van der Waals surface area contributed by atoms with Gasteiger partial charge >= 0.3 is 18.1 Å². The lowest BCUT2D eigenvalue weighted by Crippen LogP contribution is -2.12. The van der Waals surface area contributed by atoms with E-state index in [4.69, 9.17) is 9.47 Å². The van der Waals surface area contributed by atoms with E-state index in [0.717, 1.165) is 4.52 Å². The van der Waals surface area contributed by atoms with Gasteiger partial charge in [-0.2, -0.15) is 18.2 Å². The normalized spacial score (nSPS) is 11.5. The largest absolute Gasteiger partial charge is 0.462 e. The summed E-state index contributed by atoms with van der Waals surface area (Å²) in [7, 11) is 0. The van der Waals surface area contributed by atoms with Crippen LogP contribution in [0.25, 0.3) is 5.78 Å². The van der Waals surface area contributed by atoms with Crippen LogP contribution in [0.5, 0.6) is 5.75 Å². The molecule has 0 saturated carbocycles. The maximum absolute atomic E-state index is 12.9. The van der Waals surface area contributed by atoms with E-state index in [0.29, 0.717) is 22.5 Å². The molecular formula is C20H19F3N4O4. The number of ether oxygens (including phenoxy) is 2. The summed E-state index contributed by atoms with van der Waals surface area (Å²) < 4.78 is 49.8. The van der Waals surface area contributed by atoms with Gasteiger partial charge in [0.05, 0.1) is 18.6 Å². The zero-order chi connectivity index (χ0) is 22.8. The monoisotopic (exact) mass is 436 g/mol. The first kappa shape index (κ1) is 22.2. The van der Waals surface area contributed by atoms with E-state index < -0.39 is 23.9 Å². The van der Waals surface area contributed by atoms with E-state index in [2.05, 4.69) is 15.1 Å². The third-order valence-electron chi connectivity index (χ3n) is 4.48. The van der Waals surface area contributed by atoms with Crippen LogP contribution in [0, 0.1) is 13.8 Å². The second-order valence-corrected chi connectivity index (χ2v) is 6.63. The molecule has 0 aliphatic heterocycles. The molecule has 3 aromatic rings. The summed E-state index contributed by atoms with van der Waals surface area (Å²) in [6, 6.07) is 5.91. The molecule has 0 radical (unpaired) electrons. The molecular weight excluding hydrogens is 417 g/mol. The van der Waals surface area contributed by atoms with E-state index in [1.165, 1.54) is 24.3 Å². The number of halogens is 3. The van der Waals surface area contributed by atoms with E-state index in [9.17, 15) is 22.8 Å². The minimum absolute atomic E-state index is 0.0324. The zero-order valence-electron chi connectivity index (χ0n) is 17.0. The van der Waals surface area contributed by atoms with Gasteiger partial charge in [0, 0.05) is 11.4 Å². The Labute approximate surface area is 175 Å². The zero-order valence-corrected chi connectivity index (χ0v) is 17.0. The van der Waals surface area contributed by atoms with Crippen LogP contribution in [0.15, 0.2) is 24.3 Å². The molecule has 0 spiro atoms. The number of aromatic nitrogens is 4. The summed E-state index contributed by atoms with van der Waals surface area (Å²) in [5.41, 5.74) is 1.79. The van der Waals surface area contributed by atoms with Crippen LogP contribution in [0.4, 0.5) is 13.2 Å². The summed E-state index contributed by atoms with van der Waals surface area (Å²) in [4.78, 5) is 31.3. The van der Waals surface area contributed by atoms with Crippen molar-refractivity contribution in [1.29, 1.82) is 0 Å². The van der Waals surface area contributed by atoms with Crippen molar-refractivity contribution < 1.29 is 32.2 Å². The molecule has 0 unspecified atom stereocenters. The number of carbonyl (C=O) groups is 2. The summed E-state index contributed by atoms with van der Waals surface area (Å²) >= 11 is 0. The van der Waals surface area contributed by atoms with Gasteiger partial charge in [0.1, 0.15) is 5.75 Å². The predicted octanol–water partition coefficient (Wildman–Crippen LogP) is 3.47. The average molecular weight is 436 g/mol. The first-order chi connectivity index (χ1) is 14.6. The molecule has 31 heavy (non-hydrogen) atoms. The topological polar surface area (TPSA) is 95.7 Å². The van der Waals surface area contributed by atoms with E-state index >= 15 is 0 Å².